The van der Waals surface area contributed by atoms with Crippen molar-refractivity contribution < 1.29 is 19.4 Å². The zero-order valence-electron chi connectivity index (χ0n) is 11.4. The van der Waals surface area contributed by atoms with E-state index in [2.05, 4.69) is 5.32 Å². The van der Waals surface area contributed by atoms with Crippen LogP contribution in [0.3, 0.4) is 0 Å². The zero-order chi connectivity index (χ0) is 14.5. The smallest absolute Gasteiger partial charge is 0.345 e. The minimum absolute atomic E-state index is 0.0570. The van der Waals surface area contributed by atoms with Crippen LogP contribution in [0.15, 0.2) is 12.1 Å². The summed E-state index contributed by atoms with van der Waals surface area (Å²) in [7, 11) is 1.65. The third-order valence-corrected chi connectivity index (χ3v) is 3.82. The number of aromatic carboxylic acids is 1. The number of hydrogen-bond donors (Lipinski definition) is 2. The van der Waals surface area contributed by atoms with Crippen LogP contribution >= 0.6 is 11.3 Å². The van der Waals surface area contributed by atoms with Gasteiger partial charge >= 0.3 is 5.97 Å². The Hall–Kier alpha value is -1.40. The second-order valence-corrected chi connectivity index (χ2v) is 6.14. The molecule has 19 heavy (non-hydrogen) atoms. The van der Waals surface area contributed by atoms with Gasteiger partial charge in [-0.3, -0.25) is 4.79 Å². The molecule has 0 saturated heterocycles. The predicted octanol–water partition coefficient (Wildman–Crippen LogP) is 2.24. The Morgan fingerprint density at radius 1 is 1.37 bits per heavy atom. The largest absolute Gasteiger partial charge is 0.477 e. The molecule has 0 aromatic carbocycles. The number of methoxy groups -OCH3 is 1. The van der Waals surface area contributed by atoms with Crippen LogP contribution in [0.25, 0.3) is 0 Å². The van der Waals surface area contributed by atoms with Gasteiger partial charge in [-0.05, 0) is 24.0 Å². The molecule has 0 saturated carbocycles. The molecule has 106 valence electrons. The first-order chi connectivity index (χ1) is 8.85. The van der Waals surface area contributed by atoms with E-state index in [1.807, 2.05) is 13.8 Å². The average molecular weight is 285 g/mol. The monoisotopic (exact) mass is 285 g/mol. The maximum Gasteiger partial charge on any atom is 0.345 e. The van der Waals surface area contributed by atoms with Gasteiger partial charge in [0.2, 0.25) is 0 Å². The third kappa shape index (κ3) is 5.00. The number of hydrogen-bond acceptors (Lipinski definition) is 4. The van der Waals surface area contributed by atoms with Gasteiger partial charge < -0.3 is 15.2 Å². The Labute approximate surface area is 116 Å². The number of thiophene rings is 1. The van der Waals surface area contributed by atoms with E-state index in [-0.39, 0.29) is 16.2 Å². The molecule has 0 atom stereocenters. The summed E-state index contributed by atoms with van der Waals surface area (Å²) in [5.74, 6) is -1.24. The number of carboxylic acid groups (broad SMARTS) is 1. The summed E-state index contributed by atoms with van der Waals surface area (Å²) >= 11 is 0.981. The standard InChI is InChI=1S/C13H19NO4S/c1-13(2,6-7-18-3)8-14-11(15)9-4-5-10(19-9)12(16)17/h4-5H,6-8H2,1-3H3,(H,14,15)(H,16,17). The third-order valence-electron chi connectivity index (χ3n) is 2.75. The molecule has 1 aromatic rings. The van der Waals surface area contributed by atoms with Crippen molar-refractivity contribution in [2.75, 3.05) is 20.3 Å². The van der Waals surface area contributed by atoms with E-state index in [9.17, 15) is 9.59 Å². The Morgan fingerprint density at radius 2 is 2.00 bits per heavy atom. The van der Waals surface area contributed by atoms with Crippen molar-refractivity contribution in [3.05, 3.63) is 21.9 Å². The fraction of sp³-hybridized carbons (Fsp3) is 0.538. The number of amides is 1. The van der Waals surface area contributed by atoms with Crippen molar-refractivity contribution in [3.8, 4) is 0 Å². The Kier molecular flexibility index (Phi) is 5.50. The van der Waals surface area contributed by atoms with Crippen LogP contribution in [0.2, 0.25) is 0 Å². The van der Waals surface area contributed by atoms with E-state index in [0.717, 1.165) is 17.8 Å². The van der Waals surface area contributed by atoms with Gasteiger partial charge in [0.1, 0.15) is 4.88 Å². The highest BCUT2D eigenvalue weighted by molar-refractivity contribution is 7.15. The first-order valence-electron chi connectivity index (χ1n) is 5.96. The van der Waals surface area contributed by atoms with Crippen molar-refractivity contribution in [1.29, 1.82) is 0 Å². The van der Waals surface area contributed by atoms with Crippen LogP contribution in [-0.4, -0.2) is 37.2 Å². The maximum absolute atomic E-state index is 11.9. The Balaban J connectivity index is 2.52. The van der Waals surface area contributed by atoms with E-state index >= 15 is 0 Å². The molecule has 2 N–H and O–H groups in total. The molecule has 1 amide bonds. The number of nitrogens with one attached hydrogen (secondary N) is 1. The van der Waals surface area contributed by atoms with Crippen LogP contribution in [0.5, 0.6) is 0 Å². The number of ether oxygens (including phenoxy) is 1. The van der Waals surface area contributed by atoms with Crippen molar-refractivity contribution in [2.24, 2.45) is 5.41 Å². The second kappa shape index (κ2) is 6.68. The van der Waals surface area contributed by atoms with Gasteiger partial charge in [-0.1, -0.05) is 13.8 Å². The predicted molar refractivity (Wildman–Crippen MR) is 73.9 cm³/mol. The van der Waals surface area contributed by atoms with Crippen LogP contribution < -0.4 is 5.32 Å². The maximum atomic E-state index is 11.9. The fourth-order valence-corrected chi connectivity index (χ4v) is 2.21. The van der Waals surface area contributed by atoms with Gasteiger partial charge in [-0.25, -0.2) is 4.79 Å². The lowest BCUT2D eigenvalue weighted by atomic mass is 9.90. The van der Waals surface area contributed by atoms with Crippen molar-refractivity contribution in [1.82, 2.24) is 5.32 Å². The van der Waals surface area contributed by atoms with Crippen molar-refractivity contribution in [2.45, 2.75) is 20.3 Å². The molecule has 1 aromatic heterocycles. The Bertz CT molecular complexity index is 453. The molecule has 1 rings (SSSR count). The fourth-order valence-electron chi connectivity index (χ4n) is 1.45. The summed E-state index contributed by atoms with van der Waals surface area (Å²) < 4.78 is 5.02. The van der Waals surface area contributed by atoms with Crippen LogP contribution in [0, 0.1) is 5.41 Å². The minimum atomic E-state index is -1.01. The molecular weight excluding hydrogens is 266 g/mol. The summed E-state index contributed by atoms with van der Waals surface area (Å²) in [4.78, 5) is 23.2. The summed E-state index contributed by atoms with van der Waals surface area (Å²) in [5.41, 5.74) is -0.0570. The lowest BCUT2D eigenvalue weighted by Crippen LogP contribution is -2.34. The molecule has 0 aliphatic rings. The zero-order valence-corrected chi connectivity index (χ0v) is 12.2. The highest BCUT2D eigenvalue weighted by Crippen LogP contribution is 2.20. The lowest BCUT2D eigenvalue weighted by molar-refractivity contribution is 0.0702. The molecule has 0 bridgehead atoms. The number of carbonyl (C=O) groups is 2. The first-order valence-corrected chi connectivity index (χ1v) is 6.77. The summed E-state index contributed by atoms with van der Waals surface area (Å²) in [6.45, 7) is 5.26. The van der Waals surface area contributed by atoms with Crippen molar-refractivity contribution in [3.63, 3.8) is 0 Å². The summed E-state index contributed by atoms with van der Waals surface area (Å²) in [6.07, 6.45) is 0.842. The molecule has 0 radical (unpaired) electrons. The van der Waals surface area contributed by atoms with Gasteiger partial charge in [0.25, 0.3) is 5.91 Å². The van der Waals surface area contributed by atoms with E-state index in [1.165, 1.54) is 12.1 Å². The quantitative estimate of drug-likeness (QED) is 0.805. The Morgan fingerprint density at radius 3 is 2.53 bits per heavy atom. The summed E-state index contributed by atoms with van der Waals surface area (Å²) in [6, 6.07) is 2.98. The van der Waals surface area contributed by atoms with Crippen LogP contribution in [0.4, 0.5) is 0 Å². The van der Waals surface area contributed by atoms with Gasteiger partial charge in [-0.2, -0.15) is 0 Å². The second-order valence-electron chi connectivity index (χ2n) is 5.06. The molecule has 5 nitrogen and oxygen atoms in total. The van der Waals surface area contributed by atoms with Crippen LogP contribution in [-0.2, 0) is 4.74 Å². The molecule has 0 spiro atoms. The van der Waals surface area contributed by atoms with Crippen LogP contribution in [0.1, 0.15) is 39.6 Å². The normalized spacial score (nSPS) is 11.3. The van der Waals surface area contributed by atoms with E-state index in [4.69, 9.17) is 9.84 Å². The average Bonchev–Trinajstić information content (AvgIpc) is 2.83. The number of rotatable bonds is 7. The lowest BCUT2D eigenvalue weighted by Gasteiger charge is -2.24. The molecule has 1 heterocycles. The van der Waals surface area contributed by atoms with Gasteiger partial charge in [-0.15, -0.1) is 11.3 Å². The highest BCUT2D eigenvalue weighted by atomic mass is 32.1. The molecular formula is C13H19NO4S. The van der Waals surface area contributed by atoms with E-state index in [0.29, 0.717) is 18.0 Å². The van der Waals surface area contributed by atoms with Gasteiger partial charge in [0.15, 0.2) is 0 Å². The number of carbonyl (C=O) groups excluding carboxylic acids is 1. The summed E-state index contributed by atoms with van der Waals surface area (Å²) in [5, 5.41) is 11.6. The molecule has 6 heteroatoms. The van der Waals surface area contributed by atoms with Crippen molar-refractivity contribution >= 4 is 23.2 Å². The molecule has 0 fully saturated rings. The highest BCUT2D eigenvalue weighted by Gasteiger charge is 2.20. The SMILES string of the molecule is COCCC(C)(C)CNC(=O)c1ccc(C(=O)O)s1. The van der Waals surface area contributed by atoms with E-state index < -0.39 is 5.97 Å². The minimum Gasteiger partial charge on any atom is -0.477 e. The topological polar surface area (TPSA) is 75.6 Å². The molecule has 0 aliphatic heterocycles. The van der Waals surface area contributed by atoms with Gasteiger partial charge in [0.05, 0.1) is 4.88 Å². The number of carboxylic acids is 1. The van der Waals surface area contributed by atoms with E-state index in [1.54, 1.807) is 7.11 Å². The molecule has 0 aliphatic carbocycles. The molecule has 0 unspecified atom stereocenters. The first kappa shape index (κ1) is 15.7. The van der Waals surface area contributed by atoms with Gasteiger partial charge in [0, 0.05) is 20.3 Å².